The summed E-state index contributed by atoms with van der Waals surface area (Å²) in [5, 5.41) is 12.4. The minimum Gasteiger partial charge on any atom is -0.497 e. The van der Waals surface area contributed by atoms with E-state index in [9.17, 15) is 4.79 Å². The number of nitrogens with one attached hydrogen (secondary N) is 1. The first-order valence-corrected chi connectivity index (χ1v) is 11.4. The third-order valence-electron chi connectivity index (χ3n) is 5.12. The van der Waals surface area contributed by atoms with Gasteiger partial charge < -0.3 is 14.8 Å². The van der Waals surface area contributed by atoms with Gasteiger partial charge in [0, 0.05) is 25.3 Å². The molecule has 162 valence electrons. The van der Waals surface area contributed by atoms with Crippen LogP contribution in [0, 0.1) is 0 Å². The highest BCUT2D eigenvalue weighted by Crippen LogP contribution is 2.25. The fraction of sp³-hybridized carbons (Fsp3) is 0.348. The van der Waals surface area contributed by atoms with E-state index in [4.69, 9.17) is 9.47 Å². The highest BCUT2D eigenvalue weighted by Gasteiger charge is 2.18. The largest absolute Gasteiger partial charge is 0.497 e. The van der Waals surface area contributed by atoms with Gasteiger partial charge in [0.25, 0.3) is 0 Å². The lowest BCUT2D eigenvalue weighted by molar-refractivity contribution is -0.119. The molecule has 1 aromatic heterocycles. The van der Waals surface area contributed by atoms with Crippen LogP contribution in [0.4, 0.5) is 0 Å². The first kappa shape index (κ1) is 21.4. The lowest BCUT2D eigenvalue weighted by atomic mass is 10.1. The third-order valence-corrected chi connectivity index (χ3v) is 6.05. The number of methoxy groups -OCH3 is 1. The van der Waals surface area contributed by atoms with Crippen LogP contribution in [0.15, 0.2) is 59.8 Å². The lowest BCUT2D eigenvalue weighted by Crippen LogP contribution is -2.32. The average molecular weight is 439 g/mol. The number of hydrogen-bond donors (Lipinski definition) is 1. The fourth-order valence-corrected chi connectivity index (χ4v) is 4.29. The van der Waals surface area contributed by atoms with Crippen molar-refractivity contribution in [2.24, 2.45) is 0 Å². The molecule has 1 fully saturated rings. The molecule has 1 saturated heterocycles. The summed E-state index contributed by atoms with van der Waals surface area (Å²) in [6.45, 7) is 1.34. The molecule has 0 unspecified atom stereocenters. The van der Waals surface area contributed by atoms with Crippen molar-refractivity contribution >= 4 is 17.7 Å². The maximum atomic E-state index is 12.3. The van der Waals surface area contributed by atoms with E-state index in [1.807, 2.05) is 47.0 Å². The van der Waals surface area contributed by atoms with Crippen LogP contribution in [-0.4, -0.2) is 52.8 Å². The molecule has 31 heavy (non-hydrogen) atoms. The molecular weight excluding hydrogens is 412 g/mol. The molecule has 0 bridgehead atoms. The Labute approximate surface area is 186 Å². The van der Waals surface area contributed by atoms with E-state index in [1.165, 1.54) is 11.8 Å². The van der Waals surface area contributed by atoms with Crippen LogP contribution in [0.3, 0.4) is 0 Å². The van der Waals surface area contributed by atoms with Crippen molar-refractivity contribution in [3.8, 4) is 11.4 Å². The summed E-state index contributed by atoms with van der Waals surface area (Å²) >= 11 is 1.38. The summed E-state index contributed by atoms with van der Waals surface area (Å²) in [4.78, 5) is 12.3. The normalized spacial score (nSPS) is 15.7. The van der Waals surface area contributed by atoms with Crippen LogP contribution in [-0.2, 0) is 16.0 Å². The van der Waals surface area contributed by atoms with E-state index in [-0.39, 0.29) is 17.8 Å². The number of benzene rings is 2. The number of rotatable bonds is 9. The quantitative estimate of drug-likeness (QED) is 0.517. The SMILES string of the molecule is COc1ccc(-n2c(Cc3ccccc3)nnc2SCC(=O)NC[C@H]2CCCO2)cc1. The summed E-state index contributed by atoms with van der Waals surface area (Å²) in [7, 11) is 1.64. The molecule has 1 N–H and O–H groups in total. The number of aromatic nitrogens is 3. The first-order valence-electron chi connectivity index (χ1n) is 10.4. The van der Waals surface area contributed by atoms with Gasteiger partial charge in [0.15, 0.2) is 5.16 Å². The van der Waals surface area contributed by atoms with Crippen molar-refractivity contribution in [1.82, 2.24) is 20.1 Å². The zero-order valence-electron chi connectivity index (χ0n) is 17.5. The molecule has 0 radical (unpaired) electrons. The average Bonchev–Trinajstić information content (AvgIpc) is 3.47. The highest BCUT2D eigenvalue weighted by atomic mass is 32.2. The van der Waals surface area contributed by atoms with Crippen molar-refractivity contribution in [3.05, 3.63) is 66.0 Å². The Kier molecular flexibility index (Phi) is 7.22. The second-order valence-electron chi connectivity index (χ2n) is 7.32. The highest BCUT2D eigenvalue weighted by molar-refractivity contribution is 7.99. The van der Waals surface area contributed by atoms with Gasteiger partial charge in [-0.1, -0.05) is 42.1 Å². The molecule has 0 aliphatic carbocycles. The predicted octanol–water partition coefficient (Wildman–Crippen LogP) is 3.25. The molecule has 1 atom stereocenters. The number of amides is 1. The number of thioether (sulfide) groups is 1. The number of carbonyl (C=O) groups excluding carboxylic acids is 1. The Hall–Kier alpha value is -2.84. The van der Waals surface area contributed by atoms with Crippen LogP contribution in [0.5, 0.6) is 5.75 Å². The second kappa shape index (κ2) is 10.5. The summed E-state index contributed by atoms with van der Waals surface area (Å²) in [6, 6.07) is 17.9. The van der Waals surface area contributed by atoms with Crippen molar-refractivity contribution in [3.63, 3.8) is 0 Å². The van der Waals surface area contributed by atoms with Crippen LogP contribution >= 0.6 is 11.8 Å². The topological polar surface area (TPSA) is 78.3 Å². The molecular formula is C23H26N4O3S. The molecule has 1 amide bonds. The second-order valence-corrected chi connectivity index (χ2v) is 8.26. The smallest absolute Gasteiger partial charge is 0.230 e. The van der Waals surface area contributed by atoms with Gasteiger partial charge >= 0.3 is 0 Å². The monoisotopic (exact) mass is 438 g/mol. The minimum absolute atomic E-state index is 0.0330. The Morgan fingerprint density at radius 1 is 1.19 bits per heavy atom. The minimum atomic E-state index is -0.0330. The fourth-order valence-electron chi connectivity index (χ4n) is 3.49. The standard InChI is InChI=1S/C23H26N4O3S/c1-29-19-11-9-18(10-12-19)27-21(14-17-6-3-2-4-7-17)25-26-23(27)31-16-22(28)24-15-20-8-5-13-30-20/h2-4,6-7,9-12,20H,5,8,13-16H2,1H3,(H,24,28)/t20-/m1/s1. The summed E-state index contributed by atoms with van der Waals surface area (Å²) < 4.78 is 12.8. The molecule has 2 heterocycles. The van der Waals surface area contributed by atoms with Gasteiger partial charge in [0.05, 0.1) is 19.0 Å². The summed E-state index contributed by atoms with van der Waals surface area (Å²) in [5.41, 5.74) is 2.08. The number of hydrogen-bond acceptors (Lipinski definition) is 6. The first-order chi connectivity index (χ1) is 15.2. The van der Waals surface area contributed by atoms with Gasteiger partial charge in [-0.3, -0.25) is 9.36 Å². The Balaban J connectivity index is 1.49. The van der Waals surface area contributed by atoms with E-state index >= 15 is 0 Å². The van der Waals surface area contributed by atoms with E-state index < -0.39 is 0 Å². The Morgan fingerprint density at radius 3 is 2.71 bits per heavy atom. The van der Waals surface area contributed by atoms with Crippen LogP contribution in [0.1, 0.15) is 24.2 Å². The molecule has 0 saturated carbocycles. The number of nitrogens with zero attached hydrogens (tertiary/aromatic N) is 3. The number of ether oxygens (including phenoxy) is 2. The predicted molar refractivity (Wildman–Crippen MR) is 120 cm³/mol. The van der Waals surface area contributed by atoms with Gasteiger partial charge in [-0.15, -0.1) is 10.2 Å². The molecule has 3 aromatic rings. The van der Waals surface area contributed by atoms with Crippen molar-refractivity contribution in [2.75, 3.05) is 26.0 Å². The van der Waals surface area contributed by atoms with E-state index in [2.05, 4.69) is 27.6 Å². The van der Waals surface area contributed by atoms with Crippen molar-refractivity contribution in [1.29, 1.82) is 0 Å². The molecule has 7 nitrogen and oxygen atoms in total. The molecule has 2 aromatic carbocycles. The lowest BCUT2D eigenvalue weighted by Gasteiger charge is -2.12. The van der Waals surface area contributed by atoms with Crippen molar-refractivity contribution in [2.45, 2.75) is 30.5 Å². The van der Waals surface area contributed by atoms with Gasteiger partial charge in [0.1, 0.15) is 11.6 Å². The molecule has 0 spiro atoms. The van der Waals surface area contributed by atoms with E-state index in [1.54, 1.807) is 7.11 Å². The van der Waals surface area contributed by atoms with Crippen molar-refractivity contribution < 1.29 is 14.3 Å². The van der Waals surface area contributed by atoms with E-state index in [0.717, 1.165) is 42.3 Å². The number of carbonyl (C=O) groups is 1. The van der Waals surface area contributed by atoms with Gasteiger partial charge in [0.2, 0.25) is 5.91 Å². The molecule has 1 aliphatic rings. The zero-order chi connectivity index (χ0) is 21.5. The maximum absolute atomic E-state index is 12.3. The molecule has 4 rings (SSSR count). The Morgan fingerprint density at radius 2 is 2.00 bits per heavy atom. The van der Waals surface area contributed by atoms with Crippen LogP contribution < -0.4 is 10.1 Å². The van der Waals surface area contributed by atoms with Crippen LogP contribution in [0.2, 0.25) is 0 Å². The van der Waals surface area contributed by atoms with Gasteiger partial charge in [-0.25, -0.2) is 0 Å². The summed E-state index contributed by atoms with van der Waals surface area (Å²) in [5.74, 6) is 1.84. The van der Waals surface area contributed by atoms with E-state index in [0.29, 0.717) is 18.1 Å². The Bertz CT molecular complexity index is 986. The maximum Gasteiger partial charge on any atom is 0.230 e. The zero-order valence-corrected chi connectivity index (χ0v) is 18.3. The molecule has 8 heteroatoms. The molecule has 1 aliphatic heterocycles. The van der Waals surface area contributed by atoms with Gasteiger partial charge in [-0.05, 0) is 42.7 Å². The van der Waals surface area contributed by atoms with Gasteiger partial charge in [-0.2, -0.15) is 0 Å². The summed E-state index contributed by atoms with van der Waals surface area (Å²) in [6.07, 6.45) is 2.84. The third kappa shape index (κ3) is 5.65. The van der Waals surface area contributed by atoms with Crippen LogP contribution in [0.25, 0.3) is 5.69 Å².